The zero-order valence-corrected chi connectivity index (χ0v) is 3.49. The Morgan fingerprint density at radius 1 is 1.83 bits per heavy atom. The third kappa shape index (κ3) is 9.90. The van der Waals surface area contributed by atoms with Crippen LogP contribution in [0.2, 0.25) is 0 Å². The Labute approximate surface area is 37.5 Å². The number of carbonyl (C=O) groups excluding carboxylic acids is 1. The van der Waals surface area contributed by atoms with Gasteiger partial charge in [-0.15, -0.1) is 0 Å². The van der Waals surface area contributed by atoms with Gasteiger partial charge in [-0.2, -0.15) is 0 Å². The summed E-state index contributed by atoms with van der Waals surface area (Å²) >= 11 is 0. The molecule has 3 nitrogen and oxygen atoms in total. The van der Waals surface area contributed by atoms with Gasteiger partial charge in [0.15, 0.2) is 0 Å². The molecule has 0 heterocycles. The van der Waals surface area contributed by atoms with Crippen molar-refractivity contribution in [3.8, 4) is 0 Å². The number of amides is 1. The average Bonchev–Trinajstić information content (AvgIpc) is 1.38. The fraction of sp³-hybridized carbons (Fsp3) is 0.333. The van der Waals surface area contributed by atoms with Gasteiger partial charge in [0.2, 0.25) is 5.91 Å². The molecule has 3 heteroatoms. The van der Waals surface area contributed by atoms with Crippen molar-refractivity contribution in [2.75, 3.05) is 0 Å². The van der Waals surface area contributed by atoms with E-state index in [0.717, 1.165) is 0 Å². The summed E-state index contributed by atoms with van der Waals surface area (Å²) in [6.45, 7) is 1.35. The van der Waals surface area contributed by atoms with Gasteiger partial charge in [0, 0.05) is 14.4 Å². The van der Waals surface area contributed by atoms with Crippen molar-refractivity contribution in [2.45, 2.75) is 6.92 Å². The Kier molecular flexibility index (Phi) is 6.69. The minimum Gasteiger partial charge on any atom is -0.295 e. The maximum absolute atomic E-state index is 9.58. The summed E-state index contributed by atoms with van der Waals surface area (Å²) in [5.41, 5.74) is 1.89. The van der Waals surface area contributed by atoms with Gasteiger partial charge >= 0.3 is 0 Å². The molecule has 1 amide bonds. The van der Waals surface area contributed by atoms with Crippen LogP contribution in [0.4, 0.5) is 0 Å². The van der Waals surface area contributed by atoms with Crippen LogP contribution in [-0.2, 0) is 4.79 Å². The molecule has 0 rings (SSSR count). The number of nitrogens with one attached hydrogen (secondary N) is 1. The Balaban J connectivity index is 0. The summed E-state index contributed by atoms with van der Waals surface area (Å²) in [5, 5.41) is 0. The molecule has 0 bridgehead atoms. The Morgan fingerprint density at radius 2 is 2.00 bits per heavy atom. The van der Waals surface area contributed by atoms with E-state index in [1.165, 1.54) is 6.92 Å². The van der Waals surface area contributed by atoms with Gasteiger partial charge in [-0.3, -0.25) is 10.2 Å². The highest BCUT2D eigenvalue weighted by atomic mass is 16.2. The lowest BCUT2D eigenvalue weighted by Gasteiger charge is -1.80. The lowest BCUT2D eigenvalue weighted by atomic mass is 10.8. The summed E-state index contributed by atoms with van der Waals surface area (Å²) < 4.78 is 0. The quantitative estimate of drug-likeness (QED) is 0.227. The summed E-state index contributed by atoms with van der Waals surface area (Å²) in [4.78, 5) is 9.58. The molecule has 0 saturated carbocycles. The summed E-state index contributed by atoms with van der Waals surface area (Å²) in [6, 6.07) is 0. The average molecular weight is 86.1 g/mol. The molecule has 6 heavy (non-hydrogen) atoms. The van der Waals surface area contributed by atoms with E-state index in [1.54, 1.807) is 0 Å². The smallest absolute Gasteiger partial charge is 0.230 e. The number of carbonyl (C=O) groups is 1. The van der Waals surface area contributed by atoms with E-state index in [-0.39, 0.29) is 13.3 Å². The Bertz CT molecular complexity index is 44.1. The molecule has 0 unspecified atom stereocenters. The molecular formula is C3H6N2O. The minimum absolute atomic E-state index is 0. The molecule has 4 radical (unpaired) electrons. The van der Waals surface area contributed by atoms with E-state index in [4.69, 9.17) is 0 Å². The molecule has 0 spiro atoms. The molecule has 34 valence electrons. The second kappa shape index (κ2) is 4.43. The zero-order valence-electron chi connectivity index (χ0n) is 3.49. The van der Waals surface area contributed by atoms with E-state index < -0.39 is 0 Å². The molecule has 0 saturated heterocycles. The van der Waals surface area contributed by atoms with Crippen LogP contribution in [-0.4, -0.2) is 5.91 Å². The molecule has 0 aliphatic carbocycles. The van der Waals surface area contributed by atoms with E-state index in [9.17, 15) is 4.79 Å². The summed E-state index contributed by atoms with van der Waals surface area (Å²) in [5.74, 6) is 4.35. The summed E-state index contributed by atoms with van der Waals surface area (Å²) in [7, 11) is 0. The van der Waals surface area contributed by atoms with Crippen LogP contribution < -0.4 is 11.3 Å². The highest BCUT2D eigenvalue weighted by Gasteiger charge is 1.73. The van der Waals surface area contributed by atoms with Crippen LogP contribution in [0.1, 0.15) is 6.92 Å². The van der Waals surface area contributed by atoms with Gasteiger partial charge in [-0.25, -0.2) is 5.84 Å². The molecule has 0 atom stereocenters. The summed E-state index contributed by atoms with van der Waals surface area (Å²) in [6.07, 6.45) is 0. The lowest BCUT2D eigenvalue weighted by Crippen LogP contribution is -2.26. The first-order chi connectivity index (χ1) is 2.27. The predicted octanol–water partition coefficient (Wildman–Crippen LogP) is -0.923. The van der Waals surface area contributed by atoms with E-state index in [1.807, 2.05) is 5.43 Å². The van der Waals surface area contributed by atoms with Crippen LogP contribution in [0.5, 0.6) is 0 Å². The van der Waals surface area contributed by atoms with Crippen molar-refractivity contribution in [3.63, 3.8) is 0 Å². The van der Waals surface area contributed by atoms with Gasteiger partial charge in [0.25, 0.3) is 0 Å². The second-order valence-corrected chi connectivity index (χ2v) is 0.701. The SMILES string of the molecule is CC(=O)NN.[C]. The minimum atomic E-state index is -0.218. The number of hydrogen-bond acceptors (Lipinski definition) is 2. The molecule has 0 aliphatic rings. The molecular weight excluding hydrogens is 80.0 g/mol. The van der Waals surface area contributed by atoms with Crippen LogP contribution in [0.3, 0.4) is 0 Å². The maximum Gasteiger partial charge on any atom is 0.230 e. The van der Waals surface area contributed by atoms with Crippen molar-refractivity contribution in [2.24, 2.45) is 5.84 Å². The number of hydrogen-bond donors (Lipinski definition) is 2. The molecule has 0 aromatic carbocycles. The van der Waals surface area contributed by atoms with E-state index >= 15 is 0 Å². The van der Waals surface area contributed by atoms with Gasteiger partial charge < -0.3 is 0 Å². The highest BCUT2D eigenvalue weighted by molar-refractivity contribution is 5.71. The largest absolute Gasteiger partial charge is 0.295 e. The highest BCUT2D eigenvalue weighted by Crippen LogP contribution is 1.41. The fourth-order valence-electron chi connectivity index (χ4n) is 0. The van der Waals surface area contributed by atoms with Gasteiger partial charge in [-0.05, 0) is 0 Å². The number of hydrazine groups is 1. The second-order valence-electron chi connectivity index (χ2n) is 0.701. The third-order valence-electron chi connectivity index (χ3n) is 0.203. The molecule has 0 aromatic heterocycles. The Hall–Kier alpha value is -0.570. The van der Waals surface area contributed by atoms with Crippen molar-refractivity contribution < 1.29 is 4.79 Å². The topological polar surface area (TPSA) is 55.1 Å². The van der Waals surface area contributed by atoms with Gasteiger partial charge in [0.1, 0.15) is 0 Å². The first-order valence-electron chi connectivity index (χ1n) is 1.24. The van der Waals surface area contributed by atoms with Crippen LogP contribution in [0, 0.1) is 7.43 Å². The first-order valence-corrected chi connectivity index (χ1v) is 1.24. The standard InChI is InChI=1S/C2H6N2O.C/c1-2(5)4-3;/h3H2,1H3,(H,4,5);. The van der Waals surface area contributed by atoms with Crippen LogP contribution in [0.25, 0.3) is 0 Å². The van der Waals surface area contributed by atoms with Crippen molar-refractivity contribution in [3.05, 3.63) is 7.43 Å². The third-order valence-corrected chi connectivity index (χ3v) is 0.203. The number of rotatable bonds is 0. The molecule has 0 aliphatic heterocycles. The predicted molar refractivity (Wildman–Crippen MR) is 21.2 cm³/mol. The maximum atomic E-state index is 9.58. The normalized spacial score (nSPS) is 5.67. The molecule has 0 aromatic rings. The molecule has 3 N–H and O–H groups in total. The monoisotopic (exact) mass is 86.0 g/mol. The van der Waals surface area contributed by atoms with Crippen LogP contribution >= 0.6 is 0 Å². The fourth-order valence-corrected chi connectivity index (χ4v) is 0. The lowest BCUT2D eigenvalue weighted by molar-refractivity contribution is -0.119. The van der Waals surface area contributed by atoms with E-state index in [0.29, 0.717) is 0 Å². The van der Waals surface area contributed by atoms with Crippen molar-refractivity contribution in [1.82, 2.24) is 5.43 Å². The van der Waals surface area contributed by atoms with Gasteiger partial charge in [0.05, 0.1) is 0 Å². The Morgan fingerprint density at radius 3 is 2.00 bits per heavy atom. The van der Waals surface area contributed by atoms with Gasteiger partial charge in [-0.1, -0.05) is 0 Å². The number of nitrogens with two attached hydrogens (primary N) is 1. The van der Waals surface area contributed by atoms with Crippen molar-refractivity contribution >= 4 is 5.91 Å². The van der Waals surface area contributed by atoms with Crippen LogP contribution in [0.15, 0.2) is 0 Å². The molecule has 0 fully saturated rings. The zero-order chi connectivity index (χ0) is 4.28. The van der Waals surface area contributed by atoms with E-state index in [2.05, 4.69) is 5.84 Å². The van der Waals surface area contributed by atoms with Crippen molar-refractivity contribution in [1.29, 1.82) is 0 Å². The first kappa shape index (κ1) is 9.06.